The molecule has 1 saturated heterocycles. The Bertz CT molecular complexity index is 822. The van der Waals surface area contributed by atoms with Crippen molar-refractivity contribution < 1.29 is 19.2 Å². The van der Waals surface area contributed by atoms with Crippen LogP contribution in [0.1, 0.15) is 49.9 Å². The van der Waals surface area contributed by atoms with Crippen LogP contribution >= 0.6 is 0 Å². The molecule has 0 radical (unpaired) electrons. The Labute approximate surface area is 170 Å². The fraction of sp³-hybridized carbons (Fsp3) is 0.455. The van der Waals surface area contributed by atoms with Gasteiger partial charge in [-0.1, -0.05) is 31.2 Å². The van der Waals surface area contributed by atoms with Crippen molar-refractivity contribution in [3.05, 3.63) is 42.0 Å². The summed E-state index contributed by atoms with van der Waals surface area (Å²) in [6.45, 7) is 3.94. The van der Waals surface area contributed by atoms with Crippen molar-refractivity contribution in [2.24, 2.45) is 11.8 Å². The second kappa shape index (κ2) is 9.03. The smallest absolute Gasteiger partial charge is 0.253 e. The lowest BCUT2D eigenvalue weighted by molar-refractivity contribution is -0.140. The summed E-state index contributed by atoms with van der Waals surface area (Å²) in [4.78, 5) is 51.1. The summed E-state index contributed by atoms with van der Waals surface area (Å²) in [5, 5.41) is 5.62. The molecule has 1 aromatic carbocycles. The van der Waals surface area contributed by atoms with E-state index in [0.29, 0.717) is 24.1 Å². The van der Waals surface area contributed by atoms with E-state index in [1.807, 2.05) is 26.0 Å². The van der Waals surface area contributed by atoms with E-state index in [0.717, 1.165) is 6.42 Å². The van der Waals surface area contributed by atoms with Crippen LogP contribution in [-0.4, -0.2) is 41.1 Å². The van der Waals surface area contributed by atoms with E-state index in [-0.39, 0.29) is 54.5 Å². The van der Waals surface area contributed by atoms with Crippen LogP contribution in [0.15, 0.2) is 36.4 Å². The van der Waals surface area contributed by atoms with Gasteiger partial charge in [-0.25, -0.2) is 0 Å². The molecule has 0 saturated carbocycles. The zero-order chi connectivity index (χ0) is 21.0. The van der Waals surface area contributed by atoms with E-state index >= 15 is 0 Å². The minimum absolute atomic E-state index is 0.00827. The topological polar surface area (TPSA) is 95.6 Å². The van der Waals surface area contributed by atoms with Crippen LogP contribution in [0.25, 0.3) is 0 Å². The SMILES string of the molecule is CCC(C)NC(=O)c1ccccc1NC(=O)CCN1C(=O)[C@H]2CC=CC[C@H]2C1=O. The Morgan fingerprint density at radius 2 is 1.72 bits per heavy atom. The van der Waals surface area contributed by atoms with Crippen LogP contribution in [0, 0.1) is 11.8 Å². The molecule has 0 spiro atoms. The number of rotatable bonds is 7. The molecule has 7 nitrogen and oxygen atoms in total. The van der Waals surface area contributed by atoms with Crippen molar-refractivity contribution in [2.75, 3.05) is 11.9 Å². The van der Waals surface area contributed by atoms with Gasteiger partial charge in [-0.2, -0.15) is 0 Å². The number of nitrogens with one attached hydrogen (secondary N) is 2. The number of benzene rings is 1. The third-order valence-corrected chi connectivity index (χ3v) is 5.60. The summed E-state index contributed by atoms with van der Waals surface area (Å²) in [6.07, 6.45) is 5.82. The van der Waals surface area contributed by atoms with Crippen molar-refractivity contribution in [1.82, 2.24) is 10.2 Å². The first-order valence-corrected chi connectivity index (χ1v) is 10.1. The molecule has 2 aliphatic rings. The van der Waals surface area contributed by atoms with Gasteiger partial charge in [0.1, 0.15) is 0 Å². The van der Waals surface area contributed by atoms with Crippen molar-refractivity contribution in [3.8, 4) is 0 Å². The van der Waals surface area contributed by atoms with Crippen LogP contribution in [0.4, 0.5) is 5.69 Å². The van der Waals surface area contributed by atoms with Crippen LogP contribution in [-0.2, 0) is 14.4 Å². The molecule has 1 aromatic rings. The zero-order valence-electron chi connectivity index (χ0n) is 16.8. The first-order valence-electron chi connectivity index (χ1n) is 10.1. The van der Waals surface area contributed by atoms with Crippen LogP contribution in [0.3, 0.4) is 0 Å². The number of hydrogen-bond donors (Lipinski definition) is 2. The van der Waals surface area contributed by atoms with Gasteiger partial charge in [-0.15, -0.1) is 0 Å². The quantitative estimate of drug-likeness (QED) is 0.546. The number of fused-ring (bicyclic) bond motifs is 1. The highest BCUT2D eigenvalue weighted by Gasteiger charge is 2.46. The number of likely N-dealkylation sites (tertiary alicyclic amines) is 1. The average molecular weight is 397 g/mol. The Hall–Kier alpha value is -2.96. The molecule has 1 unspecified atom stereocenters. The Kier molecular flexibility index (Phi) is 6.46. The predicted octanol–water partition coefficient (Wildman–Crippen LogP) is 2.49. The average Bonchev–Trinajstić information content (AvgIpc) is 2.97. The Morgan fingerprint density at radius 1 is 1.10 bits per heavy atom. The molecule has 1 heterocycles. The lowest BCUT2D eigenvalue weighted by Gasteiger charge is -2.16. The van der Waals surface area contributed by atoms with Crippen molar-refractivity contribution in [1.29, 1.82) is 0 Å². The molecular formula is C22H27N3O4. The van der Waals surface area contributed by atoms with Crippen LogP contribution < -0.4 is 10.6 Å². The molecule has 1 aliphatic heterocycles. The van der Waals surface area contributed by atoms with Gasteiger partial charge < -0.3 is 10.6 Å². The van der Waals surface area contributed by atoms with Crippen molar-refractivity contribution in [3.63, 3.8) is 0 Å². The number of carbonyl (C=O) groups excluding carboxylic acids is 4. The Morgan fingerprint density at radius 3 is 2.34 bits per heavy atom. The first-order chi connectivity index (χ1) is 13.9. The summed E-state index contributed by atoms with van der Waals surface area (Å²) in [6, 6.07) is 6.81. The first kappa shape index (κ1) is 20.8. The molecule has 29 heavy (non-hydrogen) atoms. The molecule has 0 bridgehead atoms. The summed E-state index contributed by atoms with van der Waals surface area (Å²) in [5.74, 6) is -1.56. The standard InChI is InChI=1S/C22H27N3O4/c1-3-14(2)23-20(27)17-10-6-7-11-18(17)24-19(26)12-13-25-21(28)15-8-4-5-9-16(15)22(25)29/h4-7,10-11,14-16H,3,8-9,12-13H2,1-2H3,(H,23,27)(H,24,26)/t14?,15-,16+. The number of para-hydroxylation sites is 1. The number of amides is 4. The maximum absolute atomic E-state index is 12.5. The van der Waals surface area contributed by atoms with Gasteiger partial charge in [0.2, 0.25) is 17.7 Å². The van der Waals surface area contributed by atoms with Crippen molar-refractivity contribution >= 4 is 29.3 Å². The van der Waals surface area contributed by atoms with E-state index in [1.54, 1.807) is 24.3 Å². The number of anilines is 1. The van der Waals surface area contributed by atoms with E-state index in [2.05, 4.69) is 10.6 Å². The summed E-state index contributed by atoms with van der Waals surface area (Å²) < 4.78 is 0. The van der Waals surface area contributed by atoms with Gasteiger partial charge in [0, 0.05) is 19.0 Å². The van der Waals surface area contributed by atoms with Crippen LogP contribution in [0.2, 0.25) is 0 Å². The minimum Gasteiger partial charge on any atom is -0.350 e. The molecule has 2 N–H and O–H groups in total. The van der Waals surface area contributed by atoms with Gasteiger partial charge in [0.05, 0.1) is 23.1 Å². The van der Waals surface area contributed by atoms with E-state index in [4.69, 9.17) is 0 Å². The van der Waals surface area contributed by atoms with Gasteiger partial charge >= 0.3 is 0 Å². The maximum Gasteiger partial charge on any atom is 0.253 e. The third-order valence-electron chi connectivity index (χ3n) is 5.60. The maximum atomic E-state index is 12.5. The molecule has 3 rings (SSSR count). The van der Waals surface area contributed by atoms with E-state index < -0.39 is 0 Å². The van der Waals surface area contributed by atoms with Gasteiger partial charge in [0.15, 0.2) is 0 Å². The third kappa shape index (κ3) is 4.55. The zero-order valence-corrected chi connectivity index (χ0v) is 16.8. The number of hydrogen-bond acceptors (Lipinski definition) is 4. The largest absolute Gasteiger partial charge is 0.350 e. The summed E-state index contributed by atoms with van der Waals surface area (Å²) >= 11 is 0. The molecule has 0 aromatic heterocycles. The molecule has 7 heteroatoms. The number of carbonyl (C=O) groups is 4. The van der Waals surface area contributed by atoms with Crippen molar-refractivity contribution in [2.45, 2.75) is 45.6 Å². The lowest BCUT2D eigenvalue weighted by Crippen LogP contribution is -2.34. The van der Waals surface area contributed by atoms with Crippen LogP contribution in [0.5, 0.6) is 0 Å². The second-order valence-electron chi connectivity index (χ2n) is 7.61. The lowest BCUT2D eigenvalue weighted by atomic mass is 9.85. The molecule has 154 valence electrons. The van der Waals surface area contributed by atoms with E-state index in [9.17, 15) is 19.2 Å². The highest BCUT2D eigenvalue weighted by atomic mass is 16.2. The van der Waals surface area contributed by atoms with Gasteiger partial charge in [0.25, 0.3) is 5.91 Å². The summed E-state index contributed by atoms with van der Waals surface area (Å²) in [5.41, 5.74) is 0.793. The van der Waals surface area contributed by atoms with Gasteiger partial charge in [-0.3, -0.25) is 24.1 Å². The highest BCUT2D eigenvalue weighted by molar-refractivity contribution is 6.06. The molecule has 1 aliphatic carbocycles. The van der Waals surface area contributed by atoms with Gasteiger partial charge in [-0.05, 0) is 38.3 Å². The number of nitrogens with zero attached hydrogens (tertiary/aromatic N) is 1. The van der Waals surface area contributed by atoms with E-state index in [1.165, 1.54) is 4.90 Å². The normalized spacial score (nSPS) is 21.7. The number of imide groups is 1. The number of allylic oxidation sites excluding steroid dienone is 2. The molecule has 1 fully saturated rings. The molecule has 4 amide bonds. The minimum atomic E-state index is -0.345. The fourth-order valence-corrected chi connectivity index (χ4v) is 3.71. The molecule has 3 atom stereocenters. The highest BCUT2D eigenvalue weighted by Crippen LogP contribution is 2.35. The fourth-order valence-electron chi connectivity index (χ4n) is 3.71. The Balaban J connectivity index is 1.60. The predicted molar refractivity (Wildman–Crippen MR) is 109 cm³/mol. The second-order valence-corrected chi connectivity index (χ2v) is 7.61. The summed E-state index contributed by atoms with van der Waals surface area (Å²) in [7, 11) is 0. The monoisotopic (exact) mass is 397 g/mol. The molecular weight excluding hydrogens is 370 g/mol.